The molecular formula is C126H146N2O2S4. The van der Waals surface area contributed by atoms with Gasteiger partial charge in [0.1, 0.15) is 0 Å². The molecule has 0 aliphatic heterocycles. The molecule has 134 heavy (non-hydrogen) atoms. The van der Waals surface area contributed by atoms with Crippen LogP contribution in [0.5, 0.6) is 0 Å². The number of nitrogens with one attached hydrogen (secondary N) is 2. The fourth-order valence-corrected chi connectivity index (χ4v) is 27.1. The van der Waals surface area contributed by atoms with Crippen LogP contribution in [0, 0.1) is 23.7 Å². The average molecular weight is 1850 g/mol. The Morgan fingerprint density at radius 2 is 0.448 bits per heavy atom. The van der Waals surface area contributed by atoms with Crippen molar-refractivity contribution in [2.24, 2.45) is 23.7 Å². The highest BCUT2D eigenvalue weighted by molar-refractivity contribution is 8.05. The van der Waals surface area contributed by atoms with Crippen molar-refractivity contribution in [2.75, 3.05) is 10.6 Å². The Bertz CT molecular complexity index is 5470. The number of unbranched alkanes of at least 4 members (excludes halogenated alkanes) is 8. The van der Waals surface area contributed by atoms with Gasteiger partial charge in [-0.25, -0.2) is 0 Å². The molecule has 0 amide bonds. The highest BCUT2D eigenvalue weighted by atomic mass is 32.2. The maximum atomic E-state index is 17.8. The van der Waals surface area contributed by atoms with Gasteiger partial charge in [0.2, 0.25) is 0 Å². The third-order valence-electron chi connectivity index (χ3n) is 30.9. The second-order valence-corrected chi connectivity index (χ2v) is 46.7. The van der Waals surface area contributed by atoms with E-state index in [1.165, 1.54) is 261 Å². The fraction of sp³-hybridized carbons (Fsp3) is 0.413. The molecule has 4 nitrogen and oxygen atoms in total. The molecule has 0 atom stereocenters. The first-order chi connectivity index (χ1) is 65.3. The monoisotopic (exact) mass is 1850 g/mol. The summed E-state index contributed by atoms with van der Waals surface area (Å²) < 4.78 is 0. The number of anilines is 4. The Morgan fingerprint density at radius 3 is 0.657 bits per heavy atom. The number of rotatable bonds is 36. The van der Waals surface area contributed by atoms with E-state index >= 15 is 9.59 Å². The molecule has 0 unspecified atom stereocenters. The van der Waals surface area contributed by atoms with Crippen molar-refractivity contribution >= 4 is 81.4 Å². The molecular weight excluding hydrogens is 1700 g/mol. The van der Waals surface area contributed by atoms with Gasteiger partial charge in [-0.3, -0.25) is 9.59 Å². The van der Waals surface area contributed by atoms with Gasteiger partial charge in [0.05, 0.1) is 33.6 Å². The van der Waals surface area contributed by atoms with E-state index in [0.29, 0.717) is 57.3 Å². The van der Waals surface area contributed by atoms with E-state index in [2.05, 4.69) is 323 Å². The van der Waals surface area contributed by atoms with Crippen molar-refractivity contribution < 1.29 is 9.59 Å². The molecule has 0 radical (unpaired) electrons. The summed E-state index contributed by atoms with van der Waals surface area (Å²) in [5, 5.41) is 7.60. The van der Waals surface area contributed by atoms with E-state index in [9.17, 15) is 0 Å². The first-order valence-electron chi connectivity index (χ1n) is 52.1. The van der Waals surface area contributed by atoms with Gasteiger partial charge in [-0.2, -0.15) is 0 Å². The Balaban J connectivity index is 0.809. The summed E-state index contributed by atoms with van der Waals surface area (Å²) >= 11 is 6.66. The van der Waals surface area contributed by atoms with Crippen molar-refractivity contribution in [3.8, 4) is 44.5 Å². The van der Waals surface area contributed by atoms with Gasteiger partial charge in [-0.1, -0.05) is 389 Å². The number of carbonyl (C=O) groups is 2. The second-order valence-electron chi connectivity index (χ2n) is 42.4. The summed E-state index contributed by atoms with van der Waals surface area (Å²) in [6.45, 7) is 22.7. The molecule has 0 saturated heterocycles. The van der Waals surface area contributed by atoms with Crippen molar-refractivity contribution in [3.63, 3.8) is 0 Å². The molecule has 0 spiro atoms. The molecule has 4 fully saturated rings. The molecule has 0 heterocycles. The van der Waals surface area contributed by atoms with Crippen LogP contribution in [0.2, 0.25) is 0 Å². The highest BCUT2D eigenvalue weighted by Crippen LogP contribution is 2.58. The van der Waals surface area contributed by atoms with Gasteiger partial charge < -0.3 is 10.6 Å². The van der Waals surface area contributed by atoms with Crippen molar-refractivity contribution in [1.82, 2.24) is 0 Å². The van der Waals surface area contributed by atoms with E-state index in [-0.39, 0.29) is 22.4 Å². The predicted molar refractivity (Wildman–Crippen MR) is 576 cm³/mol. The van der Waals surface area contributed by atoms with Gasteiger partial charge in [0, 0.05) is 50.5 Å². The van der Waals surface area contributed by atoms with Crippen LogP contribution >= 0.6 is 47.0 Å². The Labute approximate surface area is 822 Å². The molecule has 12 aromatic carbocycles. The largest absolute Gasteiger partial charge is 0.355 e. The van der Waals surface area contributed by atoms with Crippen LogP contribution in [0.25, 0.3) is 44.5 Å². The van der Waals surface area contributed by atoms with Crippen LogP contribution in [0.4, 0.5) is 22.7 Å². The quantitative estimate of drug-likeness (QED) is 0.0377. The van der Waals surface area contributed by atoms with E-state index in [1.807, 2.05) is 12.1 Å². The van der Waals surface area contributed by atoms with Gasteiger partial charge in [0.25, 0.3) is 0 Å². The van der Waals surface area contributed by atoms with Crippen molar-refractivity contribution in [3.05, 3.63) is 310 Å². The van der Waals surface area contributed by atoms with E-state index < -0.39 is 0 Å². The van der Waals surface area contributed by atoms with E-state index in [1.54, 1.807) is 47.0 Å². The second kappa shape index (κ2) is 45.5. The third-order valence-corrected chi connectivity index (χ3v) is 35.8. The van der Waals surface area contributed by atoms with E-state index in [4.69, 9.17) is 0 Å². The first kappa shape index (κ1) is 96.7. The van der Waals surface area contributed by atoms with Gasteiger partial charge in [-0.05, 0) is 324 Å². The number of hydrogen-bond donors (Lipinski definition) is 2. The lowest BCUT2D eigenvalue weighted by molar-refractivity contribution is 0.0974. The number of hydrogen-bond acceptors (Lipinski definition) is 8. The predicted octanol–water partition coefficient (Wildman–Crippen LogP) is 39.2. The summed E-state index contributed by atoms with van der Waals surface area (Å²) in [5.41, 5.74) is 21.7. The molecule has 2 N–H and O–H groups in total. The van der Waals surface area contributed by atoms with Crippen molar-refractivity contribution in [1.29, 1.82) is 0 Å². The molecule has 0 bridgehead atoms. The van der Waals surface area contributed by atoms with Crippen LogP contribution < -0.4 is 10.6 Å². The number of benzene rings is 12. The number of carbonyl (C=O) groups excluding carboxylic acids is 2. The minimum absolute atomic E-state index is 0.0834. The smallest absolute Gasteiger partial charge is 0.197 e. The van der Waals surface area contributed by atoms with Crippen LogP contribution in [0.15, 0.2) is 294 Å². The molecule has 696 valence electrons. The third kappa shape index (κ3) is 24.0. The maximum absolute atomic E-state index is 17.8. The molecule has 5 aliphatic carbocycles. The lowest BCUT2D eigenvalue weighted by Crippen LogP contribution is -2.26. The molecule has 8 heteroatoms. The SMILES string of the molecule is CCCCCC1CCC(c2ccc(-c3ccc(Sc4c(Sc5ccc(-c6ccc(C7CCC(CCCCC)CC7)cc6)cc5)c(Sc5ccc(-c6ccc(C7CCC(CCCCC)CC7)cc6)cc5)c5c(c4Sc4ccc(-c6ccc(C7CCC(CCCCC)CC7)cc6)cc4)C(=O)c4c(Nc6ccc(C(C)(C)C)cc6)ccc(Nc6ccc(C(C)(C)C)cc6)c4C5=O)cc3)cc2)CC1. The molecule has 0 aromatic heterocycles. The van der Waals surface area contributed by atoms with Gasteiger partial charge in [0.15, 0.2) is 11.6 Å². The number of fused-ring (bicyclic) bond motifs is 2. The van der Waals surface area contributed by atoms with Crippen LogP contribution in [-0.2, 0) is 10.8 Å². The Kier molecular flexibility index (Phi) is 32.8. The lowest BCUT2D eigenvalue weighted by Gasteiger charge is -2.30. The summed E-state index contributed by atoms with van der Waals surface area (Å²) in [5.74, 6) is 5.46. The zero-order valence-electron chi connectivity index (χ0n) is 81.9. The Hall–Kier alpha value is -9.02. The van der Waals surface area contributed by atoms with Crippen LogP contribution in [-0.4, -0.2) is 11.6 Å². The van der Waals surface area contributed by atoms with Crippen LogP contribution in [0.3, 0.4) is 0 Å². The molecule has 17 rings (SSSR count). The highest BCUT2D eigenvalue weighted by Gasteiger charge is 2.42. The van der Waals surface area contributed by atoms with Gasteiger partial charge >= 0.3 is 0 Å². The zero-order valence-corrected chi connectivity index (χ0v) is 85.2. The average Bonchev–Trinajstić information content (AvgIpc) is 0.707. The standard InChI is InChI=1S/C126H146N2O2S4/c1-11-15-19-23-85-27-35-89(36-28-85)93-43-51-97(52-44-93)101-59-75-109(76-60-101)131-121-117-118(120(130)116-114(128-108-73-69-106(70-74-108)126(8,9)10)84-83-113(115(116)119(117)129)127-107-71-67-105(68-72-107)125(5,6)7)122(132-110-77-61-102(62-78-110)98-53-45-94(46-54-98)90-37-29-86(30-38-90)24-20-16-12-2)124(134-112-81-65-104(66-82-112)100-57-49-96(50-58-100)92-41-33-88(34-42-92)26-22-18-14-4)123(121)133-111-79-63-103(64-80-111)99-55-47-95(48-56-99)91-39-31-87(32-40-91)25-21-17-13-3/h43-92,127-128H,11-42H2,1-10H3. The van der Waals surface area contributed by atoms with Crippen molar-refractivity contribution in [2.45, 2.75) is 348 Å². The van der Waals surface area contributed by atoms with Crippen LogP contribution in [0.1, 0.15) is 364 Å². The fourth-order valence-electron chi connectivity index (χ4n) is 22.4. The minimum Gasteiger partial charge on any atom is -0.355 e. The van der Waals surface area contributed by atoms with E-state index in [0.717, 1.165) is 96.5 Å². The zero-order chi connectivity index (χ0) is 92.7. The molecule has 5 aliphatic rings. The summed E-state index contributed by atoms with van der Waals surface area (Å²) in [6, 6.07) is 95.5. The first-order valence-corrected chi connectivity index (χ1v) is 55.3. The maximum Gasteiger partial charge on any atom is 0.197 e. The topological polar surface area (TPSA) is 58.2 Å². The normalized spacial score (nSPS) is 19.3. The molecule has 12 aromatic rings. The minimum atomic E-state index is -0.206. The Morgan fingerprint density at radius 1 is 0.239 bits per heavy atom. The molecule has 4 saturated carbocycles. The number of ketones is 2. The summed E-state index contributed by atoms with van der Waals surface area (Å²) in [7, 11) is 0. The van der Waals surface area contributed by atoms with Gasteiger partial charge in [-0.15, -0.1) is 0 Å². The summed E-state index contributed by atoms with van der Waals surface area (Å²) in [6.07, 6.45) is 42.3. The lowest BCUT2D eigenvalue weighted by atomic mass is 9.77. The summed E-state index contributed by atoms with van der Waals surface area (Å²) in [4.78, 5) is 43.0.